The molecule has 0 saturated heterocycles. The molecule has 0 rings (SSSR count). The summed E-state index contributed by atoms with van der Waals surface area (Å²) >= 11 is 0. The van der Waals surface area contributed by atoms with Crippen LogP contribution in [0.2, 0.25) is 0 Å². The van der Waals surface area contributed by atoms with Crippen LogP contribution in [0.4, 0.5) is 0 Å². The molecule has 55 heavy (non-hydrogen) atoms. The minimum atomic E-state index is -1.85. The average molecular weight is 782 g/mol. The molecule has 0 spiro atoms. The predicted molar refractivity (Wildman–Crippen MR) is 226 cm³/mol. The van der Waals surface area contributed by atoms with Gasteiger partial charge in [0.15, 0.2) is 6.10 Å². The normalized spacial score (nSPS) is 12.6. The molecule has 324 valence electrons. The molecule has 0 fully saturated rings. The van der Waals surface area contributed by atoms with Gasteiger partial charge in [-0.25, -0.2) is 4.79 Å². The lowest BCUT2D eigenvalue weighted by Crippen LogP contribution is -2.35. The van der Waals surface area contributed by atoms with Gasteiger partial charge in [-0.2, -0.15) is 0 Å². The Balaban J connectivity index is 4.10. The number of nitrogens with two attached hydrogens (primary N) is 1. The first-order valence-electron chi connectivity index (χ1n) is 23.1. The van der Waals surface area contributed by atoms with E-state index in [9.17, 15) is 19.5 Å². The highest BCUT2D eigenvalue weighted by Gasteiger charge is 2.23. The number of hydrogen-bond donors (Lipinski definition) is 2. The number of esters is 3. The number of aliphatic hydroxyl groups is 1. The number of carbonyl (C=O) groups excluding carboxylic acids is 3. The first kappa shape index (κ1) is 53.0. The maximum absolute atomic E-state index is 12.6. The summed E-state index contributed by atoms with van der Waals surface area (Å²) in [4.78, 5) is 36.9. The molecule has 0 radical (unpaired) electrons. The van der Waals surface area contributed by atoms with Crippen molar-refractivity contribution in [3.8, 4) is 0 Å². The lowest BCUT2D eigenvalue weighted by atomic mass is 10.0. The molecular formula is C46H87NO8. The molecule has 0 aromatic carbocycles. The minimum absolute atomic E-state index is 0.0495. The molecule has 3 N–H and O–H groups in total. The van der Waals surface area contributed by atoms with Crippen LogP contribution >= 0.6 is 0 Å². The van der Waals surface area contributed by atoms with Gasteiger partial charge in [0, 0.05) is 19.4 Å². The second-order valence-corrected chi connectivity index (χ2v) is 15.5. The van der Waals surface area contributed by atoms with Crippen LogP contribution in [0.3, 0.4) is 0 Å². The fraction of sp³-hybridized carbons (Fsp3) is 0.891. The van der Waals surface area contributed by atoms with Crippen molar-refractivity contribution >= 4 is 17.9 Å². The Hall–Kier alpha value is -1.97. The fourth-order valence-corrected chi connectivity index (χ4v) is 6.63. The van der Waals surface area contributed by atoms with Crippen molar-refractivity contribution in [3.05, 3.63) is 12.2 Å². The molecule has 0 aliphatic heterocycles. The van der Waals surface area contributed by atoms with Gasteiger partial charge in [-0.1, -0.05) is 187 Å². The summed E-state index contributed by atoms with van der Waals surface area (Å²) in [6.45, 7) is 4.06. The van der Waals surface area contributed by atoms with E-state index in [4.69, 9.17) is 24.7 Å². The van der Waals surface area contributed by atoms with Gasteiger partial charge in [-0.05, 0) is 38.5 Å². The smallest absolute Gasteiger partial charge is 0.363 e. The third kappa shape index (κ3) is 40.0. The van der Waals surface area contributed by atoms with E-state index in [1.165, 1.54) is 161 Å². The standard InChI is InChI=1S/C46H87NO8/c1-3-5-7-9-11-13-15-17-18-19-20-21-22-23-24-25-27-29-31-33-35-37-44(49)55-42(41-54-46(51)45(50)52-39-38-47)40-53-43(48)36-34-32-30-28-26-16-14-12-10-8-6-4-2/h17-18,42,46,51H,3-16,19-41,47H2,1-2H3/b18-17-/t42-,46?/m1/s1. The maximum atomic E-state index is 12.6. The Morgan fingerprint density at radius 1 is 0.509 bits per heavy atom. The third-order valence-corrected chi connectivity index (χ3v) is 10.1. The summed E-state index contributed by atoms with van der Waals surface area (Å²) in [5.74, 6) is -1.76. The summed E-state index contributed by atoms with van der Waals surface area (Å²) in [5, 5.41) is 9.98. The van der Waals surface area contributed by atoms with Crippen LogP contribution in [0.15, 0.2) is 12.2 Å². The highest BCUT2D eigenvalue weighted by molar-refractivity contribution is 5.73. The summed E-state index contributed by atoms with van der Waals surface area (Å²) in [6.07, 6.45) is 40.7. The van der Waals surface area contributed by atoms with Gasteiger partial charge >= 0.3 is 17.9 Å². The fourth-order valence-electron chi connectivity index (χ4n) is 6.63. The van der Waals surface area contributed by atoms with Crippen LogP contribution in [0.1, 0.15) is 226 Å². The average Bonchev–Trinajstić information content (AvgIpc) is 3.18. The monoisotopic (exact) mass is 782 g/mol. The largest absolute Gasteiger partial charge is 0.462 e. The number of unbranched alkanes of at least 4 members (excludes halogenated alkanes) is 28. The molecule has 0 aromatic rings. The number of rotatable bonds is 43. The number of allylic oxidation sites excluding steroid dienone is 2. The van der Waals surface area contributed by atoms with Crippen molar-refractivity contribution in [1.82, 2.24) is 0 Å². The van der Waals surface area contributed by atoms with Crippen molar-refractivity contribution < 1.29 is 38.4 Å². The molecule has 2 atom stereocenters. The summed E-state index contributed by atoms with van der Waals surface area (Å²) in [5.41, 5.74) is 5.34. The summed E-state index contributed by atoms with van der Waals surface area (Å²) in [7, 11) is 0. The first-order chi connectivity index (χ1) is 26.9. The molecule has 0 heterocycles. The van der Waals surface area contributed by atoms with Crippen LogP contribution < -0.4 is 5.73 Å². The van der Waals surface area contributed by atoms with Gasteiger partial charge in [0.25, 0.3) is 6.29 Å². The number of aliphatic hydroxyl groups excluding tert-OH is 1. The number of ether oxygens (including phenoxy) is 4. The van der Waals surface area contributed by atoms with Gasteiger partial charge in [0.1, 0.15) is 13.2 Å². The van der Waals surface area contributed by atoms with Crippen molar-refractivity contribution in [1.29, 1.82) is 0 Å². The molecule has 0 saturated carbocycles. The Kier molecular flexibility index (Phi) is 41.6. The zero-order valence-electron chi connectivity index (χ0n) is 35.9. The second-order valence-electron chi connectivity index (χ2n) is 15.5. The molecule has 9 nitrogen and oxygen atoms in total. The van der Waals surface area contributed by atoms with Crippen molar-refractivity contribution in [2.75, 3.05) is 26.4 Å². The highest BCUT2D eigenvalue weighted by Crippen LogP contribution is 2.15. The SMILES string of the molecule is CCCCCCCC/C=C\CCCCCCCCCCCCCC(=O)O[C@H](COC(=O)CCCCCCCCCCCCCC)COC(O)C(=O)OCCN. The van der Waals surface area contributed by atoms with Crippen LogP contribution in [-0.4, -0.2) is 61.8 Å². The molecule has 0 aliphatic rings. The quantitative estimate of drug-likeness (QED) is 0.0204. The van der Waals surface area contributed by atoms with Crippen LogP contribution in [-0.2, 0) is 33.3 Å². The third-order valence-electron chi connectivity index (χ3n) is 10.1. The van der Waals surface area contributed by atoms with Gasteiger partial charge in [0.2, 0.25) is 0 Å². The van der Waals surface area contributed by atoms with Gasteiger partial charge < -0.3 is 29.8 Å². The molecule has 9 heteroatoms. The van der Waals surface area contributed by atoms with E-state index in [0.29, 0.717) is 12.8 Å². The predicted octanol–water partition coefficient (Wildman–Crippen LogP) is 11.7. The molecule has 0 aromatic heterocycles. The van der Waals surface area contributed by atoms with E-state index in [1.807, 2.05) is 0 Å². The highest BCUT2D eigenvalue weighted by atomic mass is 16.7. The van der Waals surface area contributed by atoms with E-state index in [1.54, 1.807) is 0 Å². The van der Waals surface area contributed by atoms with E-state index in [-0.39, 0.29) is 38.8 Å². The molecule has 1 unspecified atom stereocenters. The van der Waals surface area contributed by atoms with Crippen molar-refractivity contribution in [2.24, 2.45) is 5.73 Å². The second kappa shape index (κ2) is 43.2. The Bertz CT molecular complexity index is 882. The maximum Gasteiger partial charge on any atom is 0.363 e. The first-order valence-corrected chi connectivity index (χ1v) is 23.1. The molecular weight excluding hydrogens is 695 g/mol. The summed E-state index contributed by atoms with van der Waals surface area (Å²) < 4.78 is 20.9. The van der Waals surface area contributed by atoms with E-state index in [2.05, 4.69) is 26.0 Å². The molecule has 0 aliphatic carbocycles. The van der Waals surface area contributed by atoms with Crippen LogP contribution in [0.25, 0.3) is 0 Å². The van der Waals surface area contributed by atoms with Crippen LogP contribution in [0, 0.1) is 0 Å². The number of hydrogen-bond acceptors (Lipinski definition) is 9. The Morgan fingerprint density at radius 3 is 1.31 bits per heavy atom. The van der Waals surface area contributed by atoms with Gasteiger partial charge in [-0.3, -0.25) is 9.59 Å². The Morgan fingerprint density at radius 2 is 0.891 bits per heavy atom. The Labute approximate surface area is 338 Å². The lowest BCUT2D eigenvalue weighted by molar-refractivity contribution is -0.193. The lowest BCUT2D eigenvalue weighted by Gasteiger charge is -2.20. The minimum Gasteiger partial charge on any atom is -0.462 e. The van der Waals surface area contributed by atoms with E-state index >= 15 is 0 Å². The topological polar surface area (TPSA) is 134 Å². The number of carbonyl (C=O) groups is 3. The van der Waals surface area contributed by atoms with Crippen LogP contribution in [0.5, 0.6) is 0 Å². The van der Waals surface area contributed by atoms with Gasteiger partial charge in [-0.15, -0.1) is 0 Å². The molecule has 0 amide bonds. The van der Waals surface area contributed by atoms with Crippen molar-refractivity contribution in [2.45, 2.75) is 238 Å². The molecule has 0 bridgehead atoms. The zero-order chi connectivity index (χ0) is 40.3. The zero-order valence-corrected chi connectivity index (χ0v) is 35.9. The van der Waals surface area contributed by atoms with E-state index < -0.39 is 24.3 Å². The van der Waals surface area contributed by atoms with Crippen molar-refractivity contribution in [3.63, 3.8) is 0 Å². The summed E-state index contributed by atoms with van der Waals surface area (Å²) in [6, 6.07) is 0. The van der Waals surface area contributed by atoms with E-state index in [0.717, 1.165) is 32.1 Å². The van der Waals surface area contributed by atoms with Gasteiger partial charge in [0.05, 0.1) is 6.61 Å².